The van der Waals surface area contributed by atoms with Crippen LogP contribution in [0.25, 0.3) is 0 Å². The second-order valence-corrected chi connectivity index (χ2v) is 8.04. The van der Waals surface area contributed by atoms with Crippen LogP contribution in [0.1, 0.15) is 36.0 Å². The Morgan fingerprint density at radius 2 is 1.81 bits per heavy atom. The molecular formula is C22H27NO3S. The summed E-state index contributed by atoms with van der Waals surface area (Å²) in [5, 5.41) is 10.2. The number of hydrogen-bond donors (Lipinski definition) is 1. The minimum atomic E-state index is -0.419. The first-order valence-electron chi connectivity index (χ1n) is 9.51. The van der Waals surface area contributed by atoms with Crippen molar-refractivity contribution in [1.29, 1.82) is 0 Å². The summed E-state index contributed by atoms with van der Waals surface area (Å²) >= 11 is 1.76. The third-order valence-corrected chi connectivity index (χ3v) is 5.95. The molecule has 0 heterocycles. The fourth-order valence-corrected chi connectivity index (χ4v) is 4.18. The minimum absolute atomic E-state index is 0.0490. The topological polar surface area (TPSA) is 49.8 Å². The van der Waals surface area contributed by atoms with Crippen LogP contribution in [0.4, 0.5) is 0 Å². The van der Waals surface area contributed by atoms with E-state index in [1.807, 2.05) is 30.3 Å². The van der Waals surface area contributed by atoms with Crippen LogP contribution < -0.4 is 4.74 Å². The maximum atomic E-state index is 12.7. The Balaban J connectivity index is 1.48. The van der Waals surface area contributed by atoms with Gasteiger partial charge in [-0.25, -0.2) is 0 Å². The van der Waals surface area contributed by atoms with Gasteiger partial charge in [0.15, 0.2) is 0 Å². The summed E-state index contributed by atoms with van der Waals surface area (Å²) in [4.78, 5) is 15.6. The van der Waals surface area contributed by atoms with E-state index in [9.17, 15) is 9.90 Å². The molecule has 2 aromatic rings. The Hall–Kier alpha value is -1.98. The standard InChI is InChI=1S/C22H27NO3S/c1-23(20-9-5-6-10-21(20)24)22(25)17-11-13-18(14-12-17)26-15-16-27-19-7-3-2-4-8-19/h2-4,7-8,11-14,20-21,24H,5-6,9-10,15-16H2,1H3/t20-,21+/m0/s1. The van der Waals surface area contributed by atoms with Crippen LogP contribution in [-0.2, 0) is 0 Å². The number of likely N-dealkylation sites (N-methyl/N-ethyl adjacent to an activating group) is 1. The van der Waals surface area contributed by atoms with Crippen molar-refractivity contribution >= 4 is 17.7 Å². The van der Waals surface area contributed by atoms with Crippen molar-refractivity contribution in [3.8, 4) is 5.75 Å². The SMILES string of the molecule is CN(C(=O)c1ccc(OCCSc2ccccc2)cc1)[C@H]1CCCC[C@H]1O. The molecule has 0 aliphatic heterocycles. The first kappa shape index (κ1) is 19.8. The van der Waals surface area contributed by atoms with E-state index < -0.39 is 6.10 Å². The third kappa shape index (κ3) is 5.50. The van der Waals surface area contributed by atoms with Gasteiger partial charge in [0.25, 0.3) is 5.91 Å². The number of carbonyl (C=O) groups is 1. The van der Waals surface area contributed by atoms with Gasteiger partial charge in [-0.05, 0) is 49.2 Å². The number of ether oxygens (including phenoxy) is 1. The zero-order chi connectivity index (χ0) is 19.1. The van der Waals surface area contributed by atoms with Gasteiger partial charge in [-0.2, -0.15) is 0 Å². The fraction of sp³-hybridized carbons (Fsp3) is 0.409. The van der Waals surface area contributed by atoms with Crippen LogP contribution in [0.15, 0.2) is 59.5 Å². The van der Waals surface area contributed by atoms with Gasteiger partial charge in [-0.15, -0.1) is 11.8 Å². The van der Waals surface area contributed by atoms with E-state index in [1.165, 1.54) is 4.90 Å². The van der Waals surface area contributed by atoms with Gasteiger partial charge in [0.2, 0.25) is 0 Å². The largest absolute Gasteiger partial charge is 0.493 e. The van der Waals surface area contributed by atoms with E-state index in [1.54, 1.807) is 35.8 Å². The van der Waals surface area contributed by atoms with Crippen molar-refractivity contribution in [1.82, 2.24) is 4.90 Å². The molecule has 1 aliphatic rings. The number of aliphatic hydroxyl groups excluding tert-OH is 1. The number of benzene rings is 2. The summed E-state index contributed by atoms with van der Waals surface area (Å²) in [6, 6.07) is 17.4. The smallest absolute Gasteiger partial charge is 0.253 e. The molecule has 2 atom stereocenters. The van der Waals surface area contributed by atoms with Gasteiger partial charge in [0.05, 0.1) is 18.8 Å². The first-order valence-corrected chi connectivity index (χ1v) is 10.5. The molecule has 0 aromatic heterocycles. The highest BCUT2D eigenvalue weighted by Crippen LogP contribution is 2.24. The molecule has 27 heavy (non-hydrogen) atoms. The van der Waals surface area contributed by atoms with Crippen LogP contribution >= 0.6 is 11.8 Å². The van der Waals surface area contributed by atoms with Crippen LogP contribution in [0.5, 0.6) is 5.75 Å². The zero-order valence-electron chi connectivity index (χ0n) is 15.7. The quantitative estimate of drug-likeness (QED) is 0.572. The van der Waals surface area contributed by atoms with Crippen molar-refractivity contribution in [2.45, 2.75) is 42.7 Å². The molecule has 1 aliphatic carbocycles. The molecule has 1 amide bonds. The molecule has 144 valence electrons. The number of thioether (sulfide) groups is 1. The number of carbonyl (C=O) groups excluding carboxylic acids is 1. The normalized spacial score (nSPS) is 19.5. The molecule has 3 rings (SSSR count). The minimum Gasteiger partial charge on any atom is -0.493 e. The molecule has 4 nitrogen and oxygen atoms in total. The van der Waals surface area contributed by atoms with Crippen molar-refractivity contribution in [3.05, 3.63) is 60.2 Å². The number of amides is 1. The molecule has 5 heteroatoms. The Morgan fingerprint density at radius 3 is 2.52 bits per heavy atom. The summed E-state index contributed by atoms with van der Waals surface area (Å²) < 4.78 is 5.77. The molecule has 0 spiro atoms. The molecule has 2 aromatic carbocycles. The van der Waals surface area contributed by atoms with Crippen LogP contribution in [0.2, 0.25) is 0 Å². The average molecular weight is 386 g/mol. The van der Waals surface area contributed by atoms with Crippen LogP contribution in [-0.4, -0.2) is 47.5 Å². The third-order valence-electron chi connectivity index (χ3n) is 4.98. The highest BCUT2D eigenvalue weighted by atomic mass is 32.2. The lowest BCUT2D eigenvalue weighted by molar-refractivity contribution is 0.0268. The van der Waals surface area contributed by atoms with E-state index in [-0.39, 0.29) is 11.9 Å². The molecular weight excluding hydrogens is 358 g/mol. The number of nitrogens with zero attached hydrogens (tertiary/aromatic N) is 1. The molecule has 1 fully saturated rings. The van der Waals surface area contributed by atoms with Gasteiger partial charge < -0.3 is 14.7 Å². The van der Waals surface area contributed by atoms with Gasteiger partial charge in [-0.3, -0.25) is 4.79 Å². The monoisotopic (exact) mass is 385 g/mol. The van der Waals surface area contributed by atoms with E-state index in [0.29, 0.717) is 12.2 Å². The van der Waals surface area contributed by atoms with Crippen LogP contribution in [0, 0.1) is 0 Å². The van der Waals surface area contributed by atoms with E-state index in [0.717, 1.165) is 37.2 Å². The van der Waals surface area contributed by atoms with Crippen LogP contribution in [0.3, 0.4) is 0 Å². The van der Waals surface area contributed by atoms with E-state index in [2.05, 4.69) is 12.1 Å². The second kappa shape index (κ2) is 9.81. The van der Waals surface area contributed by atoms with Gasteiger partial charge in [0.1, 0.15) is 5.75 Å². The lowest BCUT2D eigenvalue weighted by atomic mass is 9.91. The highest BCUT2D eigenvalue weighted by molar-refractivity contribution is 7.99. The van der Waals surface area contributed by atoms with Gasteiger partial charge >= 0.3 is 0 Å². The number of aliphatic hydroxyl groups is 1. The predicted molar refractivity (Wildman–Crippen MR) is 109 cm³/mol. The van der Waals surface area contributed by atoms with Gasteiger partial charge in [-0.1, -0.05) is 31.0 Å². The summed E-state index contributed by atoms with van der Waals surface area (Å²) in [5.41, 5.74) is 0.626. The summed E-state index contributed by atoms with van der Waals surface area (Å²) in [6.07, 6.45) is 3.32. The first-order chi connectivity index (χ1) is 13.1. The Morgan fingerprint density at radius 1 is 1.11 bits per heavy atom. The molecule has 0 bridgehead atoms. The lowest BCUT2D eigenvalue weighted by Crippen LogP contribution is -2.46. The number of hydrogen-bond acceptors (Lipinski definition) is 4. The molecule has 0 radical (unpaired) electrons. The molecule has 0 unspecified atom stereocenters. The fourth-order valence-electron chi connectivity index (χ4n) is 3.43. The van der Waals surface area contributed by atoms with Crippen molar-refractivity contribution in [2.24, 2.45) is 0 Å². The van der Waals surface area contributed by atoms with Crippen molar-refractivity contribution in [3.63, 3.8) is 0 Å². The zero-order valence-corrected chi connectivity index (χ0v) is 16.5. The summed E-state index contributed by atoms with van der Waals surface area (Å²) in [5.74, 6) is 1.58. The van der Waals surface area contributed by atoms with E-state index >= 15 is 0 Å². The number of rotatable bonds is 7. The van der Waals surface area contributed by atoms with Crippen molar-refractivity contribution in [2.75, 3.05) is 19.4 Å². The maximum Gasteiger partial charge on any atom is 0.253 e. The van der Waals surface area contributed by atoms with Gasteiger partial charge in [0, 0.05) is 23.3 Å². The maximum absolute atomic E-state index is 12.7. The summed E-state index contributed by atoms with van der Waals surface area (Å²) in [6.45, 7) is 0.612. The molecule has 0 saturated heterocycles. The average Bonchev–Trinajstić information content (AvgIpc) is 2.72. The van der Waals surface area contributed by atoms with E-state index in [4.69, 9.17) is 4.74 Å². The predicted octanol–water partition coefficient (Wildman–Crippen LogP) is 4.23. The Kier molecular flexibility index (Phi) is 7.18. The van der Waals surface area contributed by atoms with Crippen molar-refractivity contribution < 1.29 is 14.6 Å². The molecule has 1 N–H and O–H groups in total. The Labute approximate surface area is 165 Å². The molecule has 1 saturated carbocycles. The second-order valence-electron chi connectivity index (χ2n) is 6.87. The highest BCUT2D eigenvalue weighted by Gasteiger charge is 2.29. The Bertz CT molecular complexity index is 720. The lowest BCUT2D eigenvalue weighted by Gasteiger charge is -2.35. The summed E-state index contributed by atoms with van der Waals surface area (Å²) in [7, 11) is 1.78.